The van der Waals surface area contributed by atoms with Crippen LogP contribution in [0.3, 0.4) is 0 Å². The third-order valence-corrected chi connectivity index (χ3v) is 5.60. The molecule has 3 aromatic carbocycles. The summed E-state index contributed by atoms with van der Waals surface area (Å²) in [6.07, 6.45) is 0. The Hall–Kier alpha value is -3.40. The summed E-state index contributed by atoms with van der Waals surface area (Å²) in [6, 6.07) is 22.6. The van der Waals surface area contributed by atoms with E-state index >= 15 is 0 Å². The second kappa shape index (κ2) is 8.62. The van der Waals surface area contributed by atoms with Crippen LogP contribution in [0.4, 0.5) is 11.4 Å². The summed E-state index contributed by atoms with van der Waals surface area (Å²) in [5, 5.41) is 0. The molecule has 0 aromatic heterocycles. The summed E-state index contributed by atoms with van der Waals surface area (Å²) >= 11 is 0. The van der Waals surface area contributed by atoms with Crippen molar-refractivity contribution in [3.8, 4) is 0 Å². The maximum absolute atomic E-state index is 13.6. The number of amides is 2. The van der Waals surface area contributed by atoms with Crippen LogP contribution in [0.2, 0.25) is 0 Å². The Bertz CT molecular complexity index is 1040. The van der Waals surface area contributed by atoms with Gasteiger partial charge in [-0.05, 0) is 70.5 Å². The lowest BCUT2D eigenvalue weighted by Gasteiger charge is -2.26. The summed E-state index contributed by atoms with van der Waals surface area (Å²) in [7, 11) is 0. The Labute approximate surface area is 191 Å². The molecule has 0 radical (unpaired) electrons. The SMILES string of the molecule is CC(C)(C)c1ccc(N(C(=O)c2ccc(C(N)=O)cc2)c2ccc(C(C)(C)C)cc2)cc1. The van der Waals surface area contributed by atoms with Gasteiger partial charge in [-0.3, -0.25) is 14.5 Å². The molecular formula is C28H32N2O2. The number of carbonyl (C=O) groups is 2. The standard InChI is InChI=1S/C28H32N2O2/c1-27(2,3)21-11-15-23(16-12-21)30(24-17-13-22(14-18-24)28(4,5)6)26(32)20-9-7-19(8-10-20)25(29)31/h7-18H,1-6H3,(H2,29,31). The lowest BCUT2D eigenvalue weighted by molar-refractivity contribution is 0.0988. The monoisotopic (exact) mass is 428 g/mol. The molecule has 0 atom stereocenters. The van der Waals surface area contributed by atoms with Gasteiger partial charge in [-0.15, -0.1) is 0 Å². The molecule has 0 fully saturated rings. The Kier molecular flexibility index (Phi) is 6.27. The number of benzene rings is 3. The number of carbonyl (C=O) groups excluding carboxylic acids is 2. The molecule has 0 unspecified atom stereocenters. The molecule has 32 heavy (non-hydrogen) atoms. The average molecular weight is 429 g/mol. The molecule has 3 aromatic rings. The number of rotatable bonds is 4. The summed E-state index contributed by atoms with van der Waals surface area (Å²) in [5.74, 6) is -0.690. The van der Waals surface area contributed by atoms with Crippen LogP contribution in [0, 0.1) is 0 Å². The Morgan fingerprint density at radius 2 is 0.938 bits per heavy atom. The number of anilines is 2. The first-order valence-corrected chi connectivity index (χ1v) is 10.8. The Balaban J connectivity index is 2.06. The van der Waals surface area contributed by atoms with Crippen molar-refractivity contribution in [2.75, 3.05) is 4.90 Å². The molecule has 0 aliphatic carbocycles. The van der Waals surface area contributed by atoms with E-state index < -0.39 is 5.91 Å². The zero-order chi connectivity index (χ0) is 23.7. The van der Waals surface area contributed by atoms with Gasteiger partial charge in [-0.2, -0.15) is 0 Å². The van der Waals surface area contributed by atoms with Crippen LogP contribution in [-0.2, 0) is 10.8 Å². The summed E-state index contributed by atoms with van der Waals surface area (Å²) in [5.41, 5.74) is 10.2. The van der Waals surface area contributed by atoms with Crippen molar-refractivity contribution < 1.29 is 9.59 Å². The molecule has 0 heterocycles. The molecule has 3 rings (SSSR count). The van der Waals surface area contributed by atoms with Crippen LogP contribution in [0.5, 0.6) is 0 Å². The average Bonchev–Trinajstić information content (AvgIpc) is 2.73. The van der Waals surface area contributed by atoms with Crippen LogP contribution in [0.15, 0.2) is 72.8 Å². The van der Waals surface area contributed by atoms with Gasteiger partial charge in [0, 0.05) is 22.5 Å². The normalized spacial score (nSPS) is 11.8. The van der Waals surface area contributed by atoms with E-state index in [2.05, 4.69) is 65.8 Å². The van der Waals surface area contributed by atoms with E-state index in [1.807, 2.05) is 24.3 Å². The van der Waals surface area contributed by atoms with Crippen molar-refractivity contribution in [1.82, 2.24) is 0 Å². The van der Waals surface area contributed by atoms with E-state index in [9.17, 15) is 9.59 Å². The van der Waals surface area contributed by atoms with Gasteiger partial charge >= 0.3 is 0 Å². The largest absolute Gasteiger partial charge is 0.366 e. The Morgan fingerprint density at radius 1 is 0.594 bits per heavy atom. The molecule has 166 valence electrons. The van der Waals surface area contributed by atoms with Gasteiger partial charge in [0.15, 0.2) is 0 Å². The van der Waals surface area contributed by atoms with Crippen molar-refractivity contribution in [1.29, 1.82) is 0 Å². The van der Waals surface area contributed by atoms with Gasteiger partial charge in [-0.1, -0.05) is 65.8 Å². The predicted octanol–water partition coefficient (Wildman–Crippen LogP) is 6.36. The van der Waals surface area contributed by atoms with Gasteiger partial charge in [0.25, 0.3) is 5.91 Å². The van der Waals surface area contributed by atoms with Crippen LogP contribution in [-0.4, -0.2) is 11.8 Å². The number of hydrogen-bond donors (Lipinski definition) is 1. The lowest BCUT2D eigenvalue weighted by Crippen LogP contribution is -2.26. The molecule has 0 spiro atoms. The summed E-state index contributed by atoms with van der Waals surface area (Å²) in [6.45, 7) is 13.0. The maximum atomic E-state index is 13.6. The minimum absolute atomic E-state index is 0.0202. The van der Waals surface area contributed by atoms with Gasteiger partial charge in [-0.25, -0.2) is 0 Å². The minimum atomic E-state index is -0.517. The minimum Gasteiger partial charge on any atom is -0.366 e. The van der Waals surface area contributed by atoms with Gasteiger partial charge in [0.05, 0.1) is 0 Å². The molecule has 0 saturated heterocycles. The first kappa shape index (κ1) is 23.3. The van der Waals surface area contributed by atoms with Crippen molar-refractivity contribution in [3.63, 3.8) is 0 Å². The van der Waals surface area contributed by atoms with Crippen molar-refractivity contribution in [2.45, 2.75) is 52.4 Å². The molecule has 0 saturated carbocycles. The quantitative estimate of drug-likeness (QED) is 0.525. The number of nitrogens with two attached hydrogens (primary N) is 1. The number of hydrogen-bond acceptors (Lipinski definition) is 2. The first-order valence-electron chi connectivity index (χ1n) is 10.8. The van der Waals surface area contributed by atoms with Crippen molar-refractivity contribution >= 4 is 23.2 Å². The van der Waals surface area contributed by atoms with Crippen LogP contribution >= 0.6 is 0 Å². The smallest absolute Gasteiger partial charge is 0.262 e. The highest BCUT2D eigenvalue weighted by atomic mass is 16.2. The number of primary amides is 1. The zero-order valence-corrected chi connectivity index (χ0v) is 19.8. The van der Waals surface area contributed by atoms with Gasteiger partial charge < -0.3 is 5.73 Å². The zero-order valence-electron chi connectivity index (χ0n) is 19.8. The van der Waals surface area contributed by atoms with E-state index in [0.717, 1.165) is 11.4 Å². The fourth-order valence-electron chi connectivity index (χ4n) is 3.51. The molecule has 0 aliphatic heterocycles. The fourth-order valence-corrected chi connectivity index (χ4v) is 3.51. The van der Waals surface area contributed by atoms with Crippen molar-refractivity contribution in [2.24, 2.45) is 5.73 Å². The molecule has 2 N–H and O–H groups in total. The van der Waals surface area contributed by atoms with Crippen molar-refractivity contribution in [3.05, 3.63) is 95.1 Å². The highest BCUT2D eigenvalue weighted by Gasteiger charge is 2.22. The van der Waals surface area contributed by atoms with Gasteiger partial charge in [0.1, 0.15) is 0 Å². The third-order valence-electron chi connectivity index (χ3n) is 5.60. The van der Waals surface area contributed by atoms with E-state index in [1.54, 1.807) is 29.2 Å². The molecule has 4 heteroatoms. The second-order valence-electron chi connectivity index (χ2n) is 10.2. The molecule has 0 aliphatic rings. The van der Waals surface area contributed by atoms with Crippen LogP contribution in [0.25, 0.3) is 0 Å². The molecular weight excluding hydrogens is 396 g/mol. The summed E-state index contributed by atoms with van der Waals surface area (Å²) in [4.78, 5) is 26.7. The van der Waals surface area contributed by atoms with Gasteiger partial charge in [0.2, 0.25) is 5.91 Å². The van der Waals surface area contributed by atoms with Crippen LogP contribution < -0.4 is 10.6 Å². The van der Waals surface area contributed by atoms with Crippen LogP contribution in [0.1, 0.15) is 73.4 Å². The second-order valence-corrected chi connectivity index (χ2v) is 10.2. The van der Waals surface area contributed by atoms with E-state index in [1.165, 1.54) is 11.1 Å². The highest BCUT2D eigenvalue weighted by Crippen LogP contribution is 2.32. The maximum Gasteiger partial charge on any atom is 0.262 e. The molecule has 2 amide bonds. The number of nitrogens with zero attached hydrogens (tertiary/aromatic N) is 1. The van der Waals surface area contributed by atoms with E-state index in [-0.39, 0.29) is 16.7 Å². The fraction of sp³-hybridized carbons (Fsp3) is 0.286. The van der Waals surface area contributed by atoms with E-state index in [4.69, 9.17) is 5.73 Å². The molecule has 0 bridgehead atoms. The van der Waals surface area contributed by atoms with E-state index in [0.29, 0.717) is 11.1 Å². The lowest BCUT2D eigenvalue weighted by atomic mass is 9.86. The summed E-state index contributed by atoms with van der Waals surface area (Å²) < 4.78 is 0. The topological polar surface area (TPSA) is 63.4 Å². The third kappa shape index (κ3) is 5.08. The Morgan fingerprint density at radius 3 is 1.25 bits per heavy atom. The molecule has 4 nitrogen and oxygen atoms in total. The first-order chi connectivity index (χ1) is 14.9. The predicted molar refractivity (Wildman–Crippen MR) is 132 cm³/mol. The highest BCUT2D eigenvalue weighted by molar-refractivity contribution is 6.11.